The number of ether oxygens (including phenoxy) is 1. The quantitative estimate of drug-likeness (QED) is 0.766. The van der Waals surface area contributed by atoms with Crippen LogP contribution in [0.3, 0.4) is 0 Å². The summed E-state index contributed by atoms with van der Waals surface area (Å²) in [6.07, 6.45) is 0. The summed E-state index contributed by atoms with van der Waals surface area (Å²) in [7, 11) is 0. The summed E-state index contributed by atoms with van der Waals surface area (Å²) in [6, 6.07) is 1.86. The molecule has 0 bridgehead atoms. The van der Waals surface area contributed by atoms with Gasteiger partial charge in [0.05, 0.1) is 29.5 Å². The molecule has 2 rings (SSSR count). The van der Waals surface area contributed by atoms with E-state index in [9.17, 15) is 4.79 Å². The van der Waals surface area contributed by atoms with Crippen molar-refractivity contribution in [1.82, 2.24) is 10.4 Å². The Hall–Kier alpha value is -1.39. The third kappa shape index (κ3) is 3.78. The summed E-state index contributed by atoms with van der Waals surface area (Å²) < 4.78 is 5.23. The van der Waals surface area contributed by atoms with Crippen LogP contribution in [0.25, 0.3) is 0 Å². The van der Waals surface area contributed by atoms with Gasteiger partial charge in [0, 0.05) is 13.1 Å². The number of hydrazine groups is 1. The Morgan fingerprint density at radius 1 is 1.58 bits per heavy atom. The fourth-order valence-corrected chi connectivity index (χ4v) is 2.66. The van der Waals surface area contributed by atoms with Crippen LogP contribution in [0, 0.1) is 18.8 Å². The van der Waals surface area contributed by atoms with Crippen molar-refractivity contribution in [3.63, 3.8) is 0 Å². The molecule has 0 spiro atoms. The number of thiophene rings is 1. The molecular weight excluding hydrogens is 262 g/mol. The number of nitrogens with two attached hydrogens (primary N) is 1. The first-order valence-electron chi connectivity index (χ1n) is 6.13. The number of amides is 1. The Labute approximate surface area is 116 Å². The average molecular weight is 279 g/mol. The highest BCUT2D eigenvalue weighted by Crippen LogP contribution is 2.20. The normalized spacial score (nSPS) is 15.7. The van der Waals surface area contributed by atoms with Crippen molar-refractivity contribution in [2.75, 3.05) is 32.8 Å². The van der Waals surface area contributed by atoms with E-state index in [1.807, 2.05) is 18.0 Å². The van der Waals surface area contributed by atoms with Gasteiger partial charge in [0.2, 0.25) is 0 Å². The highest BCUT2D eigenvalue weighted by molar-refractivity contribution is 7.14. The zero-order valence-corrected chi connectivity index (χ0v) is 11.7. The molecule has 0 aliphatic carbocycles. The summed E-state index contributed by atoms with van der Waals surface area (Å²) in [5.41, 5.74) is 9.25. The van der Waals surface area contributed by atoms with Crippen LogP contribution in [0.1, 0.15) is 20.1 Å². The third-order valence-electron chi connectivity index (χ3n) is 2.72. The molecule has 0 aromatic carbocycles. The molecule has 1 aliphatic heterocycles. The first kappa shape index (κ1) is 14.0. The minimum Gasteiger partial charge on any atom is -0.379 e. The summed E-state index contributed by atoms with van der Waals surface area (Å²) in [5.74, 6) is 5.70. The van der Waals surface area contributed by atoms with E-state index < -0.39 is 0 Å². The monoisotopic (exact) mass is 279 g/mol. The third-order valence-corrected chi connectivity index (χ3v) is 3.87. The lowest BCUT2D eigenvalue weighted by atomic mass is 10.2. The Balaban J connectivity index is 2.02. The molecular formula is C13H17N3O2S. The topological polar surface area (TPSA) is 67.6 Å². The van der Waals surface area contributed by atoms with Crippen molar-refractivity contribution in [2.24, 2.45) is 5.73 Å². The minimum atomic E-state index is -0.0872. The zero-order valence-electron chi connectivity index (χ0n) is 10.9. The minimum absolute atomic E-state index is 0.0872. The van der Waals surface area contributed by atoms with E-state index in [0.29, 0.717) is 24.6 Å². The molecule has 102 valence electrons. The van der Waals surface area contributed by atoms with Crippen LogP contribution in [0.15, 0.2) is 6.07 Å². The van der Waals surface area contributed by atoms with Crippen molar-refractivity contribution in [2.45, 2.75) is 6.92 Å². The highest BCUT2D eigenvalue weighted by Gasteiger charge is 2.16. The van der Waals surface area contributed by atoms with E-state index in [-0.39, 0.29) is 5.91 Å². The van der Waals surface area contributed by atoms with Crippen LogP contribution in [-0.2, 0) is 4.74 Å². The smallest absolute Gasteiger partial charge is 0.275 e. The van der Waals surface area contributed by atoms with Crippen LogP contribution in [0.4, 0.5) is 0 Å². The van der Waals surface area contributed by atoms with Gasteiger partial charge in [-0.25, -0.2) is 5.01 Å². The van der Waals surface area contributed by atoms with Gasteiger partial charge in [-0.15, -0.1) is 11.3 Å². The Kier molecular flexibility index (Phi) is 4.93. The standard InChI is InChI=1S/C13H17N3O2S/c1-10-9-12(19-11(10)3-2-4-14)13(17)15-16-5-7-18-8-6-16/h9H,4-8,14H2,1H3,(H,15,17). The van der Waals surface area contributed by atoms with Crippen molar-refractivity contribution < 1.29 is 9.53 Å². The van der Waals surface area contributed by atoms with Gasteiger partial charge in [-0.1, -0.05) is 11.8 Å². The lowest BCUT2D eigenvalue weighted by molar-refractivity contribution is 0.0127. The number of carbonyl (C=O) groups is 1. The second kappa shape index (κ2) is 6.68. The first-order chi connectivity index (χ1) is 9.20. The Morgan fingerprint density at radius 3 is 3.00 bits per heavy atom. The molecule has 19 heavy (non-hydrogen) atoms. The van der Waals surface area contributed by atoms with E-state index in [1.165, 1.54) is 11.3 Å². The van der Waals surface area contributed by atoms with Crippen LogP contribution < -0.4 is 11.2 Å². The Morgan fingerprint density at radius 2 is 2.32 bits per heavy atom. The number of carbonyl (C=O) groups excluding carboxylic acids is 1. The first-order valence-corrected chi connectivity index (χ1v) is 6.95. The molecule has 1 aromatic rings. The van der Waals surface area contributed by atoms with E-state index >= 15 is 0 Å². The molecule has 1 fully saturated rings. The lowest BCUT2D eigenvalue weighted by Crippen LogP contribution is -2.48. The number of nitrogens with zero attached hydrogens (tertiary/aromatic N) is 1. The number of nitrogens with one attached hydrogen (secondary N) is 1. The highest BCUT2D eigenvalue weighted by atomic mass is 32.1. The molecule has 3 N–H and O–H groups in total. The fourth-order valence-electron chi connectivity index (χ4n) is 1.72. The number of hydrogen-bond acceptors (Lipinski definition) is 5. The summed E-state index contributed by atoms with van der Waals surface area (Å²) >= 11 is 1.40. The van der Waals surface area contributed by atoms with E-state index in [2.05, 4.69) is 17.3 Å². The fraction of sp³-hybridized carbons (Fsp3) is 0.462. The molecule has 1 aromatic heterocycles. The number of morpholine rings is 1. The van der Waals surface area contributed by atoms with Gasteiger partial charge in [-0.2, -0.15) is 0 Å². The molecule has 0 radical (unpaired) electrons. The van der Waals surface area contributed by atoms with E-state index in [4.69, 9.17) is 10.5 Å². The molecule has 0 unspecified atom stereocenters. The molecule has 5 nitrogen and oxygen atoms in total. The van der Waals surface area contributed by atoms with E-state index in [1.54, 1.807) is 0 Å². The van der Waals surface area contributed by atoms with Gasteiger partial charge in [-0.3, -0.25) is 10.2 Å². The van der Waals surface area contributed by atoms with Gasteiger partial charge in [0.1, 0.15) is 0 Å². The molecule has 6 heteroatoms. The average Bonchev–Trinajstić information content (AvgIpc) is 2.79. The van der Waals surface area contributed by atoms with Crippen molar-refractivity contribution in [3.05, 3.63) is 21.4 Å². The van der Waals surface area contributed by atoms with Crippen LogP contribution >= 0.6 is 11.3 Å². The molecule has 1 amide bonds. The summed E-state index contributed by atoms with van der Waals surface area (Å²) in [4.78, 5) is 13.7. The second-order valence-corrected chi connectivity index (χ2v) is 5.22. The van der Waals surface area contributed by atoms with Crippen LogP contribution in [-0.4, -0.2) is 43.8 Å². The van der Waals surface area contributed by atoms with Crippen molar-refractivity contribution in [1.29, 1.82) is 0 Å². The van der Waals surface area contributed by atoms with E-state index in [0.717, 1.165) is 23.5 Å². The van der Waals surface area contributed by atoms with Crippen molar-refractivity contribution >= 4 is 17.2 Å². The maximum absolute atomic E-state index is 12.1. The predicted molar refractivity (Wildman–Crippen MR) is 74.8 cm³/mol. The Bertz CT molecular complexity index is 510. The maximum Gasteiger partial charge on any atom is 0.275 e. The second-order valence-electron chi connectivity index (χ2n) is 4.17. The molecule has 2 heterocycles. The largest absolute Gasteiger partial charge is 0.379 e. The van der Waals surface area contributed by atoms with Gasteiger partial charge >= 0.3 is 0 Å². The molecule has 1 aliphatic rings. The van der Waals surface area contributed by atoms with Gasteiger partial charge in [-0.05, 0) is 18.6 Å². The van der Waals surface area contributed by atoms with Gasteiger partial charge in [0.25, 0.3) is 5.91 Å². The summed E-state index contributed by atoms with van der Waals surface area (Å²) in [5, 5.41) is 1.88. The molecule has 0 atom stereocenters. The van der Waals surface area contributed by atoms with Crippen molar-refractivity contribution in [3.8, 4) is 11.8 Å². The number of hydrogen-bond donors (Lipinski definition) is 2. The number of rotatable bonds is 2. The van der Waals surface area contributed by atoms with Gasteiger partial charge in [0.15, 0.2) is 0 Å². The lowest BCUT2D eigenvalue weighted by Gasteiger charge is -2.26. The van der Waals surface area contributed by atoms with Gasteiger partial charge < -0.3 is 10.5 Å². The maximum atomic E-state index is 12.1. The zero-order chi connectivity index (χ0) is 13.7. The molecule has 1 saturated heterocycles. The SMILES string of the molecule is Cc1cc(C(=O)NN2CCOCC2)sc1C#CCN. The number of aryl methyl sites for hydroxylation is 1. The predicted octanol–water partition coefficient (Wildman–Crippen LogP) is 0.344. The summed E-state index contributed by atoms with van der Waals surface area (Å²) in [6.45, 7) is 5.01. The van der Waals surface area contributed by atoms with Crippen LogP contribution in [0.2, 0.25) is 0 Å². The molecule has 0 saturated carbocycles. The van der Waals surface area contributed by atoms with Crippen LogP contribution in [0.5, 0.6) is 0 Å².